The Morgan fingerprint density at radius 3 is 2.55 bits per heavy atom. The van der Waals surface area contributed by atoms with Crippen LogP contribution in [0.15, 0.2) is 60.7 Å². The standard InChI is InChI=1S/C31H32FN3O5/c1-39-26-12-11-20(17-27(26)40-2)13-14-33-29(36)22-7-5-15-34(19-22)25-10-4-9-24-28(25)31(38)35(30(24)37)18-21-6-3-8-23(32)16-21/h3-4,6,8-12,16-17,22H,5,7,13-15,18-19H2,1-2H3,(H,33,36)/t22-/m0/s1. The topological polar surface area (TPSA) is 88.2 Å². The number of hydrogen-bond donors (Lipinski definition) is 1. The molecule has 0 saturated carbocycles. The van der Waals surface area contributed by atoms with Crippen LogP contribution in [0.1, 0.15) is 44.7 Å². The molecule has 0 aliphatic carbocycles. The van der Waals surface area contributed by atoms with E-state index in [9.17, 15) is 18.8 Å². The molecule has 40 heavy (non-hydrogen) atoms. The van der Waals surface area contributed by atoms with E-state index in [1.54, 1.807) is 38.5 Å². The minimum atomic E-state index is -0.420. The number of rotatable bonds is 9. The minimum absolute atomic E-state index is 0.00531. The Hall–Kier alpha value is -4.40. The third-order valence-corrected chi connectivity index (χ3v) is 7.50. The van der Waals surface area contributed by atoms with Crippen LogP contribution >= 0.6 is 0 Å². The number of hydrogen-bond acceptors (Lipinski definition) is 6. The summed E-state index contributed by atoms with van der Waals surface area (Å²) in [7, 11) is 3.18. The molecule has 0 unspecified atom stereocenters. The third kappa shape index (κ3) is 5.50. The predicted octanol–water partition coefficient (Wildman–Crippen LogP) is 4.21. The van der Waals surface area contributed by atoms with Crippen LogP contribution in [0.4, 0.5) is 10.1 Å². The Bertz CT molecular complexity index is 1440. The molecule has 3 amide bonds. The maximum atomic E-state index is 13.7. The highest BCUT2D eigenvalue weighted by Crippen LogP contribution is 2.35. The third-order valence-electron chi connectivity index (χ3n) is 7.50. The Kier molecular flexibility index (Phi) is 8.00. The second-order valence-corrected chi connectivity index (χ2v) is 10.0. The molecular formula is C31H32FN3O5. The zero-order valence-corrected chi connectivity index (χ0v) is 22.6. The second kappa shape index (κ2) is 11.8. The quantitative estimate of drug-likeness (QED) is 0.406. The molecule has 8 nitrogen and oxygen atoms in total. The molecule has 0 spiro atoms. The summed E-state index contributed by atoms with van der Waals surface area (Å²) in [6.45, 7) is 1.60. The first-order valence-electron chi connectivity index (χ1n) is 13.4. The molecule has 1 fully saturated rings. The van der Waals surface area contributed by atoms with E-state index in [1.165, 1.54) is 12.1 Å². The maximum Gasteiger partial charge on any atom is 0.263 e. The average Bonchev–Trinajstić information content (AvgIpc) is 3.22. The fraction of sp³-hybridized carbons (Fsp3) is 0.323. The lowest BCUT2D eigenvalue weighted by Crippen LogP contribution is -2.44. The monoisotopic (exact) mass is 545 g/mol. The summed E-state index contributed by atoms with van der Waals surface area (Å²) in [4.78, 5) is 42.8. The number of halogens is 1. The molecule has 0 aromatic heterocycles. The molecule has 0 bridgehead atoms. The van der Waals surface area contributed by atoms with E-state index in [4.69, 9.17) is 9.47 Å². The summed E-state index contributed by atoms with van der Waals surface area (Å²) in [5.41, 5.74) is 2.90. The van der Waals surface area contributed by atoms with Crippen LogP contribution in [0, 0.1) is 11.7 Å². The number of nitrogens with one attached hydrogen (secondary N) is 1. The van der Waals surface area contributed by atoms with Gasteiger partial charge in [-0.25, -0.2) is 4.39 Å². The van der Waals surface area contributed by atoms with Gasteiger partial charge in [0.25, 0.3) is 11.8 Å². The number of piperidine rings is 1. The lowest BCUT2D eigenvalue weighted by Gasteiger charge is -2.34. The van der Waals surface area contributed by atoms with Crippen LogP contribution in [0.5, 0.6) is 11.5 Å². The first kappa shape index (κ1) is 27.2. The SMILES string of the molecule is COc1ccc(CCNC(=O)[C@H]2CCCN(c3cccc4c3C(=O)N(Cc3cccc(F)c3)C4=O)C2)cc1OC. The van der Waals surface area contributed by atoms with Crippen LogP contribution in [-0.2, 0) is 17.8 Å². The molecule has 0 radical (unpaired) electrons. The van der Waals surface area contributed by atoms with Crippen molar-refractivity contribution in [2.75, 3.05) is 38.8 Å². The number of fused-ring (bicyclic) bond motifs is 1. The van der Waals surface area contributed by atoms with Crippen molar-refractivity contribution in [1.82, 2.24) is 10.2 Å². The normalized spacial score (nSPS) is 16.6. The summed E-state index contributed by atoms with van der Waals surface area (Å²) in [6.07, 6.45) is 2.17. The summed E-state index contributed by atoms with van der Waals surface area (Å²) >= 11 is 0. The number of imide groups is 1. The molecule has 3 aromatic rings. The van der Waals surface area contributed by atoms with Gasteiger partial charge in [-0.15, -0.1) is 0 Å². The van der Waals surface area contributed by atoms with Crippen LogP contribution in [0.2, 0.25) is 0 Å². The van der Waals surface area contributed by atoms with Gasteiger partial charge in [0.15, 0.2) is 11.5 Å². The van der Waals surface area contributed by atoms with Crippen molar-refractivity contribution in [2.24, 2.45) is 5.92 Å². The molecule has 2 heterocycles. The molecular weight excluding hydrogens is 513 g/mol. The summed E-state index contributed by atoms with van der Waals surface area (Å²) in [5.74, 6) is -0.196. The maximum absolute atomic E-state index is 13.7. The van der Waals surface area contributed by atoms with Crippen molar-refractivity contribution in [3.8, 4) is 11.5 Å². The molecule has 1 atom stereocenters. The lowest BCUT2D eigenvalue weighted by atomic mass is 9.95. The number of ether oxygens (including phenoxy) is 2. The van der Waals surface area contributed by atoms with Crippen molar-refractivity contribution < 1.29 is 28.2 Å². The number of carbonyl (C=O) groups is 3. The van der Waals surface area contributed by atoms with Crippen molar-refractivity contribution in [1.29, 1.82) is 0 Å². The Labute approximate surface area is 232 Å². The molecule has 5 rings (SSSR count). The van der Waals surface area contributed by atoms with Crippen LogP contribution in [0.3, 0.4) is 0 Å². The largest absolute Gasteiger partial charge is 0.493 e. The number of benzene rings is 3. The molecule has 2 aliphatic heterocycles. The van der Waals surface area contributed by atoms with Gasteiger partial charge in [0.05, 0.1) is 43.5 Å². The average molecular weight is 546 g/mol. The first-order valence-corrected chi connectivity index (χ1v) is 13.4. The van der Waals surface area contributed by atoms with Gasteiger partial charge in [0.1, 0.15) is 5.82 Å². The molecule has 9 heteroatoms. The highest BCUT2D eigenvalue weighted by molar-refractivity contribution is 6.23. The van der Waals surface area contributed by atoms with Gasteiger partial charge in [-0.3, -0.25) is 19.3 Å². The fourth-order valence-corrected chi connectivity index (χ4v) is 5.46. The Morgan fingerprint density at radius 1 is 0.975 bits per heavy atom. The van der Waals surface area contributed by atoms with E-state index in [0.29, 0.717) is 59.9 Å². The van der Waals surface area contributed by atoms with Gasteiger partial charge in [0, 0.05) is 19.6 Å². The van der Waals surface area contributed by atoms with Gasteiger partial charge in [-0.2, -0.15) is 0 Å². The summed E-state index contributed by atoms with van der Waals surface area (Å²) < 4.78 is 24.3. The van der Waals surface area contributed by atoms with E-state index in [-0.39, 0.29) is 18.4 Å². The van der Waals surface area contributed by atoms with Crippen LogP contribution < -0.4 is 19.7 Å². The van der Waals surface area contributed by atoms with Crippen LogP contribution in [0.25, 0.3) is 0 Å². The van der Waals surface area contributed by atoms with E-state index in [2.05, 4.69) is 5.32 Å². The number of methoxy groups -OCH3 is 2. The van der Waals surface area contributed by atoms with E-state index < -0.39 is 17.6 Å². The van der Waals surface area contributed by atoms with Crippen molar-refractivity contribution in [2.45, 2.75) is 25.8 Å². The molecule has 1 N–H and O–H groups in total. The summed E-state index contributed by atoms with van der Waals surface area (Å²) in [5, 5.41) is 3.05. The van der Waals surface area contributed by atoms with Gasteiger partial charge in [0.2, 0.25) is 5.91 Å². The zero-order chi connectivity index (χ0) is 28.2. The summed E-state index contributed by atoms with van der Waals surface area (Å²) in [6, 6.07) is 16.8. The number of anilines is 1. The number of nitrogens with zero attached hydrogens (tertiary/aromatic N) is 2. The van der Waals surface area contributed by atoms with Gasteiger partial charge >= 0.3 is 0 Å². The minimum Gasteiger partial charge on any atom is -0.493 e. The fourth-order valence-electron chi connectivity index (χ4n) is 5.46. The molecule has 2 aliphatic rings. The number of amides is 3. The highest BCUT2D eigenvalue weighted by atomic mass is 19.1. The Morgan fingerprint density at radius 2 is 1.77 bits per heavy atom. The van der Waals surface area contributed by atoms with Gasteiger partial charge in [-0.05, 0) is 66.8 Å². The highest BCUT2D eigenvalue weighted by Gasteiger charge is 2.39. The van der Waals surface area contributed by atoms with Crippen molar-refractivity contribution in [3.63, 3.8) is 0 Å². The van der Waals surface area contributed by atoms with Gasteiger partial charge in [-0.1, -0.05) is 24.3 Å². The van der Waals surface area contributed by atoms with E-state index in [0.717, 1.165) is 23.3 Å². The van der Waals surface area contributed by atoms with E-state index in [1.807, 2.05) is 29.2 Å². The zero-order valence-electron chi connectivity index (χ0n) is 22.6. The second-order valence-electron chi connectivity index (χ2n) is 10.0. The molecule has 208 valence electrons. The first-order chi connectivity index (χ1) is 19.4. The van der Waals surface area contributed by atoms with E-state index >= 15 is 0 Å². The molecule has 1 saturated heterocycles. The number of carbonyl (C=O) groups excluding carboxylic acids is 3. The Balaban J connectivity index is 1.24. The predicted molar refractivity (Wildman–Crippen MR) is 148 cm³/mol. The lowest BCUT2D eigenvalue weighted by molar-refractivity contribution is -0.125. The van der Waals surface area contributed by atoms with Crippen LogP contribution in [-0.4, -0.2) is 56.5 Å². The molecule has 3 aromatic carbocycles. The van der Waals surface area contributed by atoms with Crippen molar-refractivity contribution >= 4 is 23.4 Å². The van der Waals surface area contributed by atoms with Crippen molar-refractivity contribution in [3.05, 3.63) is 88.7 Å². The smallest absolute Gasteiger partial charge is 0.263 e. The van der Waals surface area contributed by atoms with Gasteiger partial charge < -0.3 is 19.7 Å².